The average Bonchev–Trinajstić information content (AvgIpc) is 2.71. The maximum absolute atomic E-state index is 13.1. The van der Waals surface area contributed by atoms with Gasteiger partial charge in [0.1, 0.15) is 5.82 Å². The maximum Gasteiger partial charge on any atom is 0.170 e. The Bertz CT molecular complexity index is 691. The first-order valence-corrected chi connectivity index (χ1v) is 4.95. The van der Waals surface area contributed by atoms with Crippen LogP contribution in [0.15, 0.2) is 36.8 Å². The van der Waals surface area contributed by atoms with Crippen molar-refractivity contribution in [3.63, 3.8) is 0 Å². The van der Waals surface area contributed by atoms with E-state index in [0.29, 0.717) is 22.7 Å². The minimum atomic E-state index is -0.414. The molecule has 17 heavy (non-hydrogen) atoms. The third-order valence-electron chi connectivity index (χ3n) is 2.39. The molecule has 0 aliphatic rings. The molecule has 5 nitrogen and oxygen atoms in total. The van der Waals surface area contributed by atoms with Crippen LogP contribution in [0.25, 0.3) is 17.0 Å². The second kappa shape index (κ2) is 3.51. The third-order valence-corrected chi connectivity index (χ3v) is 2.39. The second-order valence-corrected chi connectivity index (χ2v) is 3.61. The largest absolute Gasteiger partial charge is 0.398 e. The molecule has 3 heterocycles. The zero-order valence-electron chi connectivity index (χ0n) is 8.71. The topological polar surface area (TPSA) is 69.1 Å². The number of rotatable bonds is 1. The molecule has 3 rings (SSSR count). The van der Waals surface area contributed by atoms with Crippen molar-refractivity contribution in [2.24, 2.45) is 0 Å². The van der Waals surface area contributed by atoms with Gasteiger partial charge in [-0.05, 0) is 18.2 Å². The predicted octanol–water partition coefficient (Wildman–Crippen LogP) is 1.51. The first-order valence-electron chi connectivity index (χ1n) is 4.95. The highest BCUT2D eigenvalue weighted by Crippen LogP contribution is 2.19. The molecule has 0 atom stereocenters. The molecule has 0 aromatic carbocycles. The van der Waals surface area contributed by atoms with E-state index in [1.807, 2.05) is 0 Å². The van der Waals surface area contributed by atoms with Crippen LogP contribution < -0.4 is 5.73 Å². The fourth-order valence-corrected chi connectivity index (χ4v) is 1.64. The summed E-state index contributed by atoms with van der Waals surface area (Å²) in [6.45, 7) is 0. The van der Waals surface area contributed by atoms with Crippen molar-refractivity contribution in [3.8, 4) is 11.4 Å². The number of halogens is 1. The van der Waals surface area contributed by atoms with Gasteiger partial charge < -0.3 is 5.73 Å². The summed E-state index contributed by atoms with van der Waals surface area (Å²) in [4.78, 5) is 3.78. The highest BCUT2D eigenvalue weighted by atomic mass is 19.1. The van der Waals surface area contributed by atoms with E-state index in [9.17, 15) is 4.39 Å². The summed E-state index contributed by atoms with van der Waals surface area (Å²) in [7, 11) is 0. The zero-order valence-corrected chi connectivity index (χ0v) is 8.71. The van der Waals surface area contributed by atoms with Gasteiger partial charge in [0, 0.05) is 23.6 Å². The number of nitrogens with two attached hydrogens (primary N) is 1. The van der Waals surface area contributed by atoms with Crippen LogP contribution >= 0.6 is 0 Å². The van der Waals surface area contributed by atoms with Gasteiger partial charge >= 0.3 is 0 Å². The van der Waals surface area contributed by atoms with Gasteiger partial charge in [-0.2, -0.15) is 0 Å². The SMILES string of the molecule is Nc1ccc2nnc(-c3cncc(F)c3)n2c1. The first-order chi connectivity index (χ1) is 8.24. The highest BCUT2D eigenvalue weighted by molar-refractivity contribution is 5.60. The molecule has 0 radical (unpaired) electrons. The molecule has 3 aromatic heterocycles. The van der Waals surface area contributed by atoms with Crippen molar-refractivity contribution in [3.05, 3.63) is 42.6 Å². The fraction of sp³-hybridized carbons (Fsp3) is 0. The van der Waals surface area contributed by atoms with E-state index < -0.39 is 5.82 Å². The molecule has 2 N–H and O–H groups in total. The molecule has 0 spiro atoms. The highest BCUT2D eigenvalue weighted by Gasteiger charge is 2.09. The van der Waals surface area contributed by atoms with Crippen LogP contribution in [0, 0.1) is 5.82 Å². The molecule has 6 heteroatoms. The number of anilines is 1. The second-order valence-electron chi connectivity index (χ2n) is 3.61. The Labute approximate surface area is 95.7 Å². The Hall–Kier alpha value is -2.50. The number of pyridine rings is 2. The molecule has 0 bridgehead atoms. The van der Waals surface area contributed by atoms with E-state index in [-0.39, 0.29) is 0 Å². The molecular formula is C11H8FN5. The molecule has 84 valence electrons. The quantitative estimate of drug-likeness (QED) is 0.686. The Morgan fingerprint density at radius 3 is 2.88 bits per heavy atom. The van der Waals surface area contributed by atoms with Crippen LogP contribution in [0.4, 0.5) is 10.1 Å². The van der Waals surface area contributed by atoms with Crippen LogP contribution in [0.5, 0.6) is 0 Å². The van der Waals surface area contributed by atoms with E-state index in [2.05, 4.69) is 15.2 Å². The normalized spacial score (nSPS) is 10.9. The lowest BCUT2D eigenvalue weighted by Crippen LogP contribution is -1.93. The van der Waals surface area contributed by atoms with Gasteiger partial charge in [-0.3, -0.25) is 9.38 Å². The van der Waals surface area contributed by atoms with Crippen LogP contribution in [0.3, 0.4) is 0 Å². The summed E-state index contributed by atoms with van der Waals surface area (Å²) in [6.07, 6.45) is 4.36. The fourth-order valence-electron chi connectivity index (χ4n) is 1.64. The maximum atomic E-state index is 13.1. The van der Waals surface area contributed by atoms with E-state index in [4.69, 9.17) is 5.73 Å². The van der Waals surface area contributed by atoms with Crippen LogP contribution in [0.2, 0.25) is 0 Å². The minimum Gasteiger partial charge on any atom is -0.398 e. The van der Waals surface area contributed by atoms with Gasteiger partial charge in [0.25, 0.3) is 0 Å². The van der Waals surface area contributed by atoms with Crippen molar-refractivity contribution < 1.29 is 4.39 Å². The monoisotopic (exact) mass is 229 g/mol. The lowest BCUT2D eigenvalue weighted by atomic mass is 10.2. The Kier molecular flexibility index (Phi) is 2.01. The number of nitrogens with zero attached hydrogens (tertiary/aromatic N) is 4. The Morgan fingerprint density at radius 1 is 1.18 bits per heavy atom. The van der Waals surface area contributed by atoms with Crippen molar-refractivity contribution in [1.82, 2.24) is 19.6 Å². The summed E-state index contributed by atoms with van der Waals surface area (Å²) in [5, 5.41) is 7.97. The van der Waals surface area contributed by atoms with Gasteiger partial charge in [-0.1, -0.05) is 0 Å². The summed E-state index contributed by atoms with van der Waals surface area (Å²) < 4.78 is 14.8. The molecule has 0 aliphatic carbocycles. The molecule has 0 fully saturated rings. The Morgan fingerprint density at radius 2 is 2.06 bits per heavy atom. The molecule has 0 aliphatic heterocycles. The van der Waals surface area contributed by atoms with Crippen molar-refractivity contribution in [2.45, 2.75) is 0 Å². The van der Waals surface area contributed by atoms with Crippen LogP contribution in [-0.2, 0) is 0 Å². The summed E-state index contributed by atoms with van der Waals surface area (Å²) in [5.41, 5.74) is 7.49. The van der Waals surface area contributed by atoms with E-state index >= 15 is 0 Å². The molecular weight excluding hydrogens is 221 g/mol. The average molecular weight is 229 g/mol. The van der Waals surface area contributed by atoms with Gasteiger partial charge in [-0.25, -0.2) is 4.39 Å². The zero-order chi connectivity index (χ0) is 11.8. The van der Waals surface area contributed by atoms with E-state index in [0.717, 1.165) is 6.20 Å². The summed E-state index contributed by atoms with van der Waals surface area (Å²) in [6, 6.07) is 4.84. The third kappa shape index (κ3) is 1.59. The standard InChI is InChI=1S/C11H8FN5/c12-8-3-7(4-14-5-8)11-16-15-10-2-1-9(13)6-17(10)11/h1-6H,13H2. The lowest BCUT2D eigenvalue weighted by molar-refractivity contribution is 0.622. The van der Waals surface area contributed by atoms with Gasteiger partial charge in [0.15, 0.2) is 11.5 Å². The molecule has 3 aromatic rings. The molecule has 0 amide bonds. The number of fused-ring (bicyclic) bond motifs is 1. The lowest BCUT2D eigenvalue weighted by Gasteiger charge is -2.00. The van der Waals surface area contributed by atoms with E-state index in [1.54, 1.807) is 22.7 Å². The van der Waals surface area contributed by atoms with Gasteiger partial charge in [-0.15, -0.1) is 10.2 Å². The van der Waals surface area contributed by atoms with Crippen molar-refractivity contribution in [2.75, 3.05) is 5.73 Å². The first kappa shape index (κ1) is 9.71. The van der Waals surface area contributed by atoms with Crippen LogP contribution in [-0.4, -0.2) is 19.6 Å². The molecule has 0 saturated carbocycles. The summed E-state index contributed by atoms with van der Waals surface area (Å²) >= 11 is 0. The van der Waals surface area contributed by atoms with Crippen molar-refractivity contribution in [1.29, 1.82) is 0 Å². The summed E-state index contributed by atoms with van der Waals surface area (Å²) in [5.74, 6) is 0.0995. The van der Waals surface area contributed by atoms with Crippen molar-refractivity contribution >= 4 is 11.3 Å². The number of hydrogen-bond donors (Lipinski definition) is 1. The number of nitrogen functional groups attached to an aromatic ring is 1. The van der Waals surface area contributed by atoms with E-state index in [1.165, 1.54) is 12.3 Å². The number of aromatic nitrogens is 4. The van der Waals surface area contributed by atoms with Gasteiger partial charge in [0.2, 0.25) is 0 Å². The van der Waals surface area contributed by atoms with Crippen LogP contribution in [0.1, 0.15) is 0 Å². The molecule has 0 unspecified atom stereocenters. The minimum absolute atomic E-state index is 0.414. The molecule has 0 saturated heterocycles. The van der Waals surface area contributed by atoms with Gasteiger partial charge in [0.05, 0.1) is 6.20 Å². The number of hydrogen-bond acceptors (Lipinski definition) is 4. The smallest absolute Gasteiger partial charge is 0.170 e. The Balaban J connectivity index is 2.27. The predicted molar refractivity (Wildman–Crippen MR) is 60.6 cm³/mol.